The van der Waals surface area contributed by atoms with Gasteiger partial charge in [0, 0.05) is 26.7 Å². The van der Waals surface area contributed by atoms with Gasteiger partial charge in [-0.1, -0.05) is 0 Å². The molecule has 0 spiro atoms. The van der Waals surface area contributed by atoms with Gasteiger partial charge in [-0.15, -0.1) is 11.6 Å². The van der Waals surface area contributed by atoms with Gasteiger partial charge in [0.1, 0.15) is 0 Å². The number of aliphatic hydroxyl groups excluding tert-OH is 1. The molecule has 0 saturated carbocycles. The third-order valence-electron chi connectivity index (χ3n) is 1.63. The molecule has 82 valence electrons. The van der Waals surface area contributed by atoms with Crippen LogP contribution in [0.3, 0.4) is 0 Å². The second kappa shape index (κ2) is 10.5. The van der Waals surface area contributed by atoms with Crippen LogP contribution in [0.1, 0.15) is 13.3 Å². The minimum absolute atomic E-state index is 0.250. The summed E-state index contributed by atoms with van der Waals surface area (Å²) in [6.45, 7) is 3.97. The molecule has 0 atom stereocenters. The third-order valence-corrected chi connectivity index (χ3v) is 4.88. The van der Waals surface area contributed by atoms with Gasteiger partial charge < -0.3 is 14.0 Å². The van der Waals surface area contributed by atoms with Crippen LogP contribution in [-0.2, 0) is 8.85 Å². The highest BCUT2D eigenvalue weighted by molar-refractivity contribution is 6.65. The topological polar surface area (TPSA) is 38.7 Å². The lowest BCUT2D eigenvalue weighted by Crippen LogP contribution is -2.35. The van der Waals surface area contributed by atoms with Gasteiger partial charge in [0.15, 0.2) is 0 Å². The maximum Gasteiger partial charge on any atom is 0.334 e. The molecule has 3 nitrogen and oxygen atoms in total. The summed E-state index contributed by atoms with van der Waals surface area (Å²) in [5.74, 6) is 0.690. The highest BCUT2D eigenvalue weighted by atomic mass is 35.5. The molecule has 0 aromatic heterocycles. The molecule has 0 amide bonds. The molecular formula is C8H21ClO3Si. The van der Waals surface area contributed by atoms with Gasteiger partial charge in [-0.2, -0.15) is 0 Å². The lowest BCUT2D eigenvalue weighted by Gasteiger charge is -2.21. The second-order valence-corrected chi connectivity index (χ2v) is 6.61. The molecule has 0 aliphatic heterocycles. The van der Waals surface area contributed by atoms with Crippen LogP contribution in [0.2, 0.25) is 12.6 Å². The van der Waals surface area contributed by atoms with E-state index >= 15 is 0 Å². The van der Waals surface area contributed by atoms with E-state index in [2.05, 4.69) is 0 Å². The Morgan fingerprint density at radius 1 is 1.31 bits per heavy atom. The van der Waals surface area contributed by atoms with E-state index < -0.39 is 8.56 Å². The first-order valence-electron chi connectivity index (χ1n) is 4.37. The van der Waals surface area contributed by atoms with Crippen LogP contribution in [-0.4, -0.2) is 40.4 Å². The summed E-state index contributed by atoms with van der Waals surface area (Å²) in [6, 6.07) is 0.976. The first-order chi connectivity index (χ1) is 6.10. The predicted octanol–water partition coefficient (Wildman–Crippen LogP) is 1.98. The Morgan fingerprint density at radius 3 is 1.92 bits per heavy atom. The molecule has 0 aromatic rings. The molecule has 0 aliphatic carbocycles. The normalized spacial score (nSPS) is 10.6. The van der Waals surface area contributed by atoms with Crippen LogP contribution >= 0.6 is 11.6 Å². The average molecular weight is 229 g/mol. The molecule has 0 saturated heterocycles. The number of halogens is 1. The second-order valence-electron chi connectivity index (χ2n) is 2.65. The van der Waals surface area contributed by atoms with Gasteiger partial charge in [0.05, 0.1) is 0 Å². The molecule has 0 aliphatic rings. The van der Waals surface area contributed by atoms with Crippen LogP contribution in [0.15, 0.2) is 0 Å². The minimum atomic E-state index is -1.80. The lowest BCUT2D eigenvalue weighted by atomic mass is 10.6. The van der Waals surface area contributed by atoms with E-state index in [0.717, 1.165) is 12.5 Å². The molecule has 0 unspecified atom stereocenters. The Hall–Kier alpha value is 0.387. The number of hydrogen-bond acceptors (Lipinski definition) is 3. The summed E-state index contributed by atoms with van der Waals surface area (Å²) >= 11 is 5.53. The monoisotopic (exact) mass is 228 g/mol. The van der Waals surface area contributed by atoms with Gasteiger partial charge in [-0.05, 0) is 25.9 Å². The molecule has 0 radical (unpaired) electrons. The van der Waals surface area contributed by atoms with Crippen LogP contribution in [0.4, 0.5) is 0 Å². The predicted molar refractivity (Wildman–Crippen MR) is 58.5 cm³/mol. The molecule has 0 bridgehead atoms. The van der Waals surface area contributed by atoms with Crippen molar-refractivity contribution < 1.29 is 14.0 Å². The summed E-state index contributed by atoms with van der Waals surface area (Å²) in [5, 5.41) is 7.57. The van der Waals surface area contributed by atoms with Crippen molar-refractivity contribution in [2.75, 3.05) is 26.7 Å². The number of hydrogen-bond donors (Lipinski definition) is 1. The Labute approximate surface area is 87.3 Å². The SMILES string of the molecule is CCO.CO[Si](C)(CCCCl)OC. The van der Waals surface area contributed by atoms with E-state index in [0.29, 0.717) is 5.88 Å². The molecular weight excluding hydrogens is 208 g/mol. The molecule has 0 heterocycles. The lowest BCUT2D eigenvalue weighted by molar-refractivity contribution is 0.249. The maximum atomic E-state index is 7.57. The van der Waals surface area contributed by atoms with Crippen molar-refractivity contribution in [3.8, 4) is 0 Å². The van der Waals surface area contributed by atoms with Gasteiger partial charge >= 0.3 is 8.56 Å². The van der Waals surface area contributed by atoms with Crippen molar-refractivity contribution in [1.29, 1.82) is 0 Å². The zero-order valence-corrected chi connectivity index (χ0v) is 10.7. The zero-order chi connectivity index (χ0) is 10.7. The summed E-state index contributed by atoms with van der Waals surface area (Å²) in [7, 11) is 1.59. The van der Waals surface area contributed by atoms with Crippen LogP contribution in [0.25, 0.3) is 0 Å². The molecule has 5 heteroatoms. The first-order valence-corrected chi connectivity index (χ1v) is 7.43. The highest BCUT2D eigenvalue weighted by Crippen LogP contribution is 2.13. The van der Waals surface area contributed by atoms with Crippen molar-refractivity contribution in [3.05, 3.63) is 0 Å². The quantitative estimate of drug-likeness (QED) is 0.578. The molecule has 0 fully saturated rings. The Kier molecular flexibility index (Phi) is 12.8. The fourth-order valence-electron chi connectivity index (χ4n) is 0.675. The smallest absolute Gasteiger partial charge is 0.334 e. The molecule has 13 heavy (non-hydrogen) atoms. The van der Waals surface area contributed by atoms with Gasteiger partial charge in [-0.3, -0.25) is 0 Å². The molecule has 1 N–H and O–H groups in total. The van der Waals surface area contributed by atoms with Crippen LogP contribution < -0.4 is 0 Å². The van der Waals surface area contributed by atoms with Crippen molar-refractivity contribution in [2.24, 2.45) is 0 Å². The van der Waals surface area contributed by atoms with E-state index in [1.807, 2.05) is 6.55 Å². The van der Waals surface area contributed by atoms with Crippen molar-refractivity contribution in [3.63, 3.8) is 0 Å². The van der Waals surface area contributed by atoms with Crippen molar-refractivity contribution >= 4 is 20.2 Å². The standard InChI is InChI=1S/C6H15ClO2Si.C2H6O/c1-8-10(3,9-2)6-4-5-7;1-2-3/h4-6H2,1-3H3;3H,2H2,1H3. The fourth-order valence-corrected chi connectivity index (χ4v) is 2.43. The summed E-state index contributed by atoms with van der Waals surface area (Å²) in [6.07, 6.45) is 0.978. The zero-order valence-electron chi connectivity index (χ0n) is 8.97. The third kappa shape index (κ3) is 10.3. The average Bonchev–Trinajstić information content (AvgIpc) is 2.15. The summed E-state index contributed by atoms with van der Waals surface area (Å²) in [4.78, 5) is 0. The van der Waals surface area contributed by atoms with Crippen molar-refractivity contribution in [1.82, 2.24) is 0 Å². The fraction of sp³-hybridized carbons (Fsp3) is 1.00. The maximum absolute atomic E-state index is 7.57. The van der Waals surface area contributed by atoms with E-state index in [1.165, 1.54) is 0 Å². The van der Waals surface area contributed by atoms with E-state index in [-0.39, 0.29) is 6.61 Å². The van der Waals surface area contributed by atoms with E-state index in [1.54, 1.807) is 21.1 Å². The minimum Gasteiger partial charge on any atom is -0.398 e. The van der Waals surface area contributed by atoms with Gasteiger partial charge in [0.25, 0.3) is 0 Å². The van der Waals surface area contributed by atoms with Crippen LogP contribution in [0, 0.1) is 0 Å². The number of aliphatic hydroxyl groups is 1. The Morgan fingerprint density at radius 2 is 1.69 bits per heavy atom. The Bertz CT molecular complexity index is 99.4. The molecule has 0 rings (SSSR count). The number of alkyl halides is 1. The largest absolute Gasteiger partial charge is 0.398 e. The summed E-state index contributed by atoms with van der Waals surface area (Å²) in [5.41, 5.74) is 0. The molecule has 0 aromatic carbocycles. The van der Waals surface area contributed by atoms with E-state index in [9.17, 15) is 0 Å². The Balaban J connectivity index is 0. The van der Waals surface area contributed by atoms with Crippen LogP contribution in [0.5, 0.6) is 0 Å². The highest BCUT2D eigenvalue weighted by Gasteiger charge is 2.27. The summed E-state index contributed by atoms with van der Waals surface area (Å²) < 4.78 is 10.5. The van der Waals surface area contributed by atoms with Gasteiger partial charge in [0.2, 0.25) is 0 Å². The van der Waals surface area contributed by atoms with Crippen molar-refractivity contribution in [2.45, 2.75) is 25.9 Å². The number of rotatable bonds is 5. The van der Waals surface area contributed by atoms with E-state index in [4.69, 9.17) is 25.6 Å². The first kappa shape index (κ1) is 15.8. The van der Waals surface area contributed by atoms with Gasteiger partial charge in [-0.25, -0.2) is 0 Å².